The van der Waals surface area contributed by atoms with Gasteiger partial charge in [-0.3, -0.25) is 9.59 Å². The van der Waals surface area contributed by atoms with Gasteiger partial charge in [-0.1, -0.05) is 6.07 Å². The number of pyridine rings is 1. The molecule has 148 valence electrons. The normalized spacial score (nSPS) is 23.2. The zero-order valence-corrected chi connectivity index (χ0v) is 14.2. The second kappa shape index (κ2) is 6.53. The fraction of sp³-hybridized carbons (Fsp3) is 0.357. The number of hydrogen-bond acceptors (Lipinski definition) is 2. The molecule has 2 atom stereocenters. The molecule has 0 fully saturated rings. The summed E-state index contributed by atoms with van der Waals surface area (Å²) in [6, 6.07) is 5.60. The molecule has 0 bridgehead atoms. The molecule has 5 nitrogen and oxygen atoms in total. The van der Waals surface area contributed by atoms with Crippen molar-refractivity contribution in [1.29, 1.82) is 0 Å². The number of allylic oxidation sites excluding steroid dienone is 2. The van der Waals surface area contributed by atoms with Gasteiger partial charge in [-0.25, -0.2) is 0 Å². The van der Waals surface area contributed by atoms with Crippen LogP contribution in [-0.4, -0.2) is 22.2 Å². The Kier molecular flexibility index (Phi) is 5.50. The number of aliphatic carboxylic acids is 2. The van der Waals surface area contributed by atoms with E-state index in [2.05, 4.69) is 0 Å². The van der Waals surface area contributed by atoms with Crippen LogP contribution in [0.5, 0.6) is 0 Å². The quantitative estimate of drug-likeness (QED) is 0.429. The Morgan fingerprint density at radius 2 is 1.31 bits per heavy atom. The first-order valence-electron chi connectivity index (χ1n) is 7.13. The topological polar surface area (TPSA) is 78.5 Å². The van der Waals surface area contributed by atoms with E-state index in [-0.39, 0.29) is 12.8 Å². The Morgan fingerprint density at radius 1 is 0.923 bits per heavy atom. The first-order valence-corrected chi connectivity index (χ1v) is 9.16. The van der Waals surface area contributed by atoms with Crippen LogP contribution in [0.3, 0.4) is 0 Å². The Hall–Kier alpha value is -2.16. The predicted molar refractivity (Wildman–Crippen MR) is 80.6 cm³/mol. The summed E-state index contributed by atoms with van der Waals surface area (Å²) in [5.74, 6) is -3.80. The summed E-state index contributed by atoms with van der Waals surface area (Å²) in [5, 5.41) is 18.4. The molecule has 1 aliphatic rings. The van der Waals surface area contributed by atoms with Crippen LogP contribution >= 0.6 is 7.81 Å². The Labute approximate surface area is 143 Å². The van der Waals surface area contributed by atoms with Gasteiger partial charge in [-0.05, 0) is 18.9 Å². The molecule has 0 radical (unpaired) electrons. The SMILES string of the molecule is CC1=C([n+]2ccccc2)C[C@@H](C(=O)O)[C@@H](C(=O)O)C1.F[P-](F)(F)(F)(F)F. The average molecular weight is 407 g/mol. The average Bonchev–Trinajstić information content (AvgIpc) is 2.44. The number of halogens is 6. The van der Waals surface area contributed by atoms with Crippen molar-refractivity contribution in [3.63, 3.8) is 0 Å². The molecule has 2 rings (SSSR count). The van der Waals surface area contributed by atoms with Crippen LogP contribution in [0.15, 0.2) is 36.2 Å². The molecule has 0 aromatic carbocycles. The molecule has 2 N–H and O–H groups in total. The van der Waals surface area contributed by atoms with Crippen molar-refractivity contribution in [1.82, 2.24) is 0 Å². The third-order valence-electron chi connectivity index (χ3n) is 3.58. The second-order valence-electron chi connectivity index (χ2n) is 5.77. The van der Waals surface area contributed by atoms with Gasteiger partial charge in [-0.2, -0.15) is 4.57 Å². The fourth-order valence-corrected chi connectivity index (χ4v) is 2.54. The number of nitrogens with zero attached hydrogens (tertiary/aromatic N) is 1. The number of hydrogen-bond donors (Lipinski definition) is 2. The van der Waals surface area contributed by atoms with Gasteiger partial charge < -0.3 is 10.2 Å². The van der Waals surface area contributed by atoms with Gasteiger partial charge in [0.1, 0.15) is 0 Å². The van der Waals surface area contributed by atoms with Crippen LogP contribution in [0.4, 0.5) is 25.2 Å². The van der Waals surface area contributed by atoms with Gasteiger partial charge in [-0.15, -0.1) is 0 Å². The molecule has 0 saturated carbocycles. The van der Waals surface area contributed by atoms with Crippen LogP contribution in [0.25, 0.3) is 5.70 Å². The van der Waals surface area contributed by atoms with Crippen molar-refractivity contribution in [2.75, 3.05) is 0 Å². The molecule has 0 unspecified atom stereocenters. The Balaban J connectivity index is 0.000000412. The number of rotatable bonds is 3. The molecule has 12 heteroatoms. The van der Waals surface area contributed by atoms with E-state index in [0.29, 0.717) is 0 Å². The van der Waals surface area contributed by atoms with Crippen molar-refractivity contribution in [3.05, 3.63) is 36.2 Å². The minimum atomic E-state index is -10.7. The molecular weight excluding hydrogens is 391 g/mol. The molecule has 0 saturated heterocycles. The van der Waals surface area contributed by atoms with Crippen molar-refractivity contribution in [3.8, 4) is 0 Å². The van der Waals surface area contributed by atoms with Crippen LogP contribution in [0, 0.1) is 11.8 Å². The first kappa shape index (κ1) is 21.9. The molecule has 1 aliphatic carbocycles. The molecule has 0 amide bonds. The van der Waals surface area contributed by atoms with Gasteiger partial charge in [0, 0.05) is 18.6 Å². The minimum absolute atomic E-state index is 0.243. The van der Waals surface area contributed by atoms with E-state index < -0.39 is 31.6 Å². The van der Waals surface area contributed by atoms with Gasteiger partial charge in [0.15, 0.2) is 18.1 Å². The fourth-order valence-electron chi connectivity index (χ4n) is 2.54. The van der Waals surface area contributed by atoms with Gasteiger partial charge in [0.2, 0.25) is 0 Å². The van der Waals surface area contributed by atoms with Gasteiger partial charge in [0.25, 0.3) is 0 Å². The van der Waals surface area contributed by atoms with E-state index in [0.717, 1.165) is 11.3 Å². The summed E-state index contributed by atoms with van der Waals surface area (Å²) in [7, 11) is -10.7. The van der Waals surface area contributed by atoms with Gasteiger partial charge in [0.05, 0.1) is 11.8 Å². The van der Waals surface area contributed by atoms with E-state index in [9.17, 15) is 39.9 Å². The van der Waals surface area contributed by atoms with E-state index in [1.807, 2.05) is 42.1 Å². The van der Waals surface area contributed by atoms with E-state index in [1.165, 1.54) is 0 Å². The summed E-state index contributed by atoms with van der Waals surface area (Å²) in [6.45, 7) is 1.86. The van der Waals surface area contributed by atoms with Gasteiger partial charge >= 0.3 is 44.9 Å². The van der Waals surface area contributed by atoms with Crippen LogP contribution in [-0.2, 0) is 9.59 Å². The number of carboxylic acid groups (broad SMARTS) is 2. The van der Waals surface area contributed by atoms with Crippen LogP contribution in [0.1, 0.15) is 19.8 Å². The van der Waals surface area contributed by atoms with Crippen LogP contribution < -0.4 is 4.57 Å². The Bertz CT molecular complexity index is 721. The number of aromatic nitrogens is 1. The molecule has 1 aromatic heterocycles. The molecule has 26 heavy (non-hydrogen) atoms. The predicted octanol–water partition coefficient (Wildman–Crippen LogP) is 4.78. The molecule has 0 aliphatic heterocycles. The molecule has 0 spiro atoms. The van der Waals surface area contributed by atoms with E-state index >= 15 is 0 Å². The second-order valence-corrected chi connectivity index (χ2v) is 7.68. The van der Waals surface area contributed by atoms with E-state index in [1.54, 1.807) is 0 Å². The van der Waals surface area contributed by atoms with Crippen molar-refractivity contribution < 1.29 is 49.6 Å². The number of carbonyl (C=O) groups is 2. The number of carboxylic acids is 2. The van der Waals surface area contributed by atoms with Crippen molar-refractivity contribution in [2.45, 2.75) is 19.8 Å². The van der Waals surface area contributed by atoms with E-state index in [4.69, 9.17) is 5.11 Å². The molecular formula is C14H16F6NO4P. The summed E-state index contributed by atoms with van der Waals surface area (Å²) in [5.41, 5.74) is 1.81. The zero-order valence-electron chi connectivity index (χ0n) is 13.3. The third-order valence-corrected chi connectivity index (χ3v) is 3.58. The third kappa shape index (κ3) is 8.28. The summed E-state index contributed by atoms with van der Waals surface area (Å²) in [6.07, 6.45) is 4.22. The maximum atomic E-state index is 11.3. The Morgan fingerprint density at radius 3 is 1.69 bits per heavy atom. The van der Waals surface area contributed by atoms with Crippen molar-refractivity contribution >= 4 is 25.4 Å². The standard InChI is InChI=1S/C14H15NO4.F6P/c1-9-7-10(13(16)17)11(14(18)19)8-12(9)15-5-3-2-4-6-15;1-7(2,3,4,5)6/h2-6,10-11H,7-8H2,1H3,(H-,16,17,18,19);/q;-1/p+1/t10-,11+;/m0./s1. The summed E-state index contributed by atoms with van der Waals surface area (Å²) >= 11 is 0. The first-order chi connectivity index (χ1) is 11.5. The molecule has 1 heterocycles. The van der Waals surface area contributed by atoms with Crippen LogP contribution in [0.2, 0.25) is 0 Å². The zero-order chi connectivity index (χ0) is 20.4. The maximum absolute atomic E-state index is 11.3. The summed E-state index contributed by atoms with van der Waals surface area (Å²) in [4.78, 5) is 22.4. The molecule has 1 aromatic rings. The summed E-state index contributed by atoms with van der Waals surface area (Å²) < 4.78 is 61.1. The monoisotopic (exact) mass is 407 g/mol. The van der Waals surface area contributed by atoms with Crippen molar-refractivity contribution in [2.24, 2.45) is 11.8 Å².